The van der Waals surface area contributed by atoms with Gasteiger partial charge in [-0.3, -0.25) is 4.79 Å². The van der Waals surface area contributed by atoms with Crippen LogP contribution in [0.1, 0.15) is 91.1 Å². The summed E-state index contributed by atoms with van der Waals surface area (Å²) < 4.78 is 33.5. The van der Waals surface area contributed by atoms with Crippen molar-refractivity contribution in [3.8, 4) is 10.4 Å². The zero-order chi connectivity index (χ0) is 24.0. The third-order valence-electron chi connectivity index (χ3n) is 7.27. The quantitative estimate of drug-likeness (QED) is 0.520. The topological polar surface area (TPSA) is 84.4 Å². The lowest BCUT2D eigenvalue weighted by molar-refractivity contribution is 0.0525. The third kappa shape index (κ3) is 4.06. The molecule has 2 bridgehead atoms. The Hall–Kier alpha value is -2.62. The SMILES string of the molecule is CCOC(=O)c1nc(C(=O)N2[C@H]3CC[C@@H]2CC3)c(-c2cnc(NC3(C)CCC3)cc2C(F)F)s1. The lowest BCUT2D eigenvalue weighted by Crippen LogP contribution is -2.41. The number of carbonyl (C=O) groups is 2. The van der Waals surface area contributed by atoms with Gasteiger partial charge in [-0.05, 0) is 64.9 Å². The fraction of sp³-hybridized carbons (Fsp3) is 0.583. The average Bonchev–Trinajstić information content (AvgIpc) is 3.52. The second kappa shape index (κ2) is 8.87. The van der Waals surface area contributed by atoms with Crippen molar-refractivity contribution in [2.75, 3.05) is 11.9 Å². The number of rotatable bonds is 7. The number of esters is 1. The van der Waals surface area contributed by atoms with Crippen molar-refractivity contribution in [3.63, 3.8) is 0 Å². The average molecular weight is 491 g/mol. The van der Waals surface area contributed by atoms with E-state index in [0.29, 0.717) is 5.82 Å². The van der Waals surface area contributed by atoms with E-state index in [1.54, 1.807) is 6.92 Å². The normalized spacial score (nSPS) is 22.7. The number of fused-ring (bicyclic) bond motifs is 2. The van der Waals surface area contributed by atoms with E-state index in [1.165, 1.54) is 12.3 Å². The molecule has 0 unspecified atom stereocenters. The van der Waals surface area contributed by atoms with Gasteiger partial charge < -0.3 is 15.0 Å². The molecule has 0 radical (unpaired) electrons. The molecule has 1 aliphatic carbocycles. The van der Waals surface area contributed by atoms with Crippen LogP contribution in [-0.4, -0.2) is 51.0 Å². The van der Waals surface area contributed by atoms with Crippen molar-refractivity contribution in [2.45, 2.75) is 82.8 Å². The van der Waals surface area contributed by atoms with Crippen molar-refractivity contribution >= 4 is 29.0 Å². The molecule has 2 aromatic heterocycles. The molecule has 3 aliphatic rings. The van der Waals surface area contributed by atoms with Crippen LogP contribution in [0.25, 0.3) is 10.4 Å². The smallest absolute Gasteiger partial charge is 0.367 e. The molecule has 7 nitrogen and oxygen atoms in total. The van der Waals surface area contributed by atoms with Gasteiger partial charge in [0.05, 0.1) is 11.5 Å². The Kier molecular flexibility index (Phi) is 6.03. The largest absolute Gasteiger partial charge is 0.461 e. The van der Waals surface area contributed by atoms with E-state index in [4.69, 9.17) is 4.74 Å². The van der Waals surface area contributed by atoms with Gasteiger partial charge >= 0.3 is 5.97 Å². The number of halogens is 2. The second-order valence-corrected chi connectivity index (χ2v) is 10.6. The fourth-order valence-electron chi connectivity index (χ4n) is 5.35. The number of amides is 1. The third-order valence-corrected chi connectivity index (χ3v) is 8.34. The van der Waals surface area contributed by atoms with Crippen LogP contribution in [0.3, 0.4) is 0 Å². The zero-order valence-corrected chi connectivity index (χ0v) is 20.1. The molecule has 4 heterocycles. The molecule has 34 heavy (non-hydrogen) atoms. The Labute approximate surface area is 200 Å². The van der Waals surface area contributed by atoms with Crippen molar-refractivity contribution in [2.24, 2.45) is 0 Å². The number of nitrogens with zero attached hydrogens (tertiary/aromatic N) is 3. The molecule has 3 fully saturated rings. The molecule has 1 N–H and O–H groups in total. The lowest BCUT2D eigenvalue weighted by atomic mass is 9.78. The van der Waals surface area contributed by atoms with E-state index in [9.17, 15) is 18.4 Å². The number of carbonyl (C=O) groups excluding carboxylic acids is 2. The number of hydrogen-bond acceptors (Lipinski definition) is 7. The van der Waals surface area contributed by atoms with Crippen molar-refractivity contribution < 1.29 is 23.1 Å². The Morgan fingerprint density at radius 2 is 1.94 bits per heavy atom. The van der Waals surface area contributed by atoms with Crippen molar-refractivity contribution in [1.29, 1.82) is 0 Å². The molecule has 182 valence electrons. The first kappa shape index (κ1) is 23.1. The van der Waals surface area contributed by atoms with Crippen LogP contribution >= 0.6 is 11.3 Å². The summed E-state index contributed by atoms with van der Waals surface area (Å²) in [5.74, 6) is -0.599. The minimum absolute atomic E-state index is 0.0175. The van der Waals surface area contributed by atoms with Gasteiger partial charge in [0, 0.05) is 34.9 Å². The monoisotopic (exact) mass is 490 g/mol. The molecule has 2 aliphatic heterocycles. The Morgan fingerprint density at radius 3 is 2.50 bits per heavy atom. The standard InChI is InChI=1S/C24H28F2N4O3S/c1-3-33-23(32)21-28-18(22(31)30-13-5-6-14(30)8-7-13)19(34-21)16-12-27-17(11-15(16)20(25)26)29-24(2)9-4-10-24/h11-14,20H,3-10H2,1-2H3,(H,27,29)/t13-,14+. The minimum Gasteiger partial charge on any atom is -0.461 e. The van der Waals surface area contributed by atoms with Crippen LogP contribution in [0.5, 0.6) is 0 Å². The Bertz CT molecular complexity index is 1100. The number of aromatic nitrogens is 2. The zero-order valence-electron chi connectivity index (χ0n) is 19.3. The summed E-state index contributed by atoms with van der Waals surface area (Å²) in [6.45, 7) is 3.87. The van der Waals surface area contributed by atoms with E-state index in [1.807, 2.05) is 11.8 Å². The summed E-state index contributed by atoms with van der Waals surface area (Å²) in [4.78, 5) is 36.8. The molecule has 0 spiro atoms. The number of thiazole rings is 1. The van der Waals surface area contributed by atoms with Crippen molar-refractivity contribution in [1.82, 2.24) is 14.9 Å². The summed E-state index contributed by atoms with van der Waals surface area (Å²) in [6, 6.07) is 1.63. The van der Waals surface area contributed by atoms with E-state index in [0.717, 1.165) is 56.3 Å². The summed E-state index contributed by atoms with van der Waals surface area (Å²) in [6.07, 6.45) is 5.31. The molecule has 2 saturated heterocycles. The van der Waals surface area contributed by atoms with Gasteiger partial charge in [-0.2, -0.15) is 0 Å². The highest BCUT2D eigenvalue weighted by molar-refractivity contribution is 7.17. The number of hydrogen-bond donors (Lipinski definition) is 1. The molecule has 1 saturated carbocycles. The lowest BCUT2D eigenvalue weighted by Gasteiger charge is -2.39. The number of ether oxygens (including phenoxy) is 1. The van der Waals surface area contributed by atoms with Crippen LogP contribution in [0.2, 0.25) is 0 Å². The molecule has 1 amide bonds. The molecule has 0 atom stereocenters. The molecular formula is C24H28F2N4O3S. The number of alkyl halides is 2. The highest BCUT2D eigenvalue weighted by Gasteiger charge is 2.44. The first-order valence-electron chi connectivity index (χ1n) is 11.9. The summed E-state index contributed by atoms with van der Waals surface area (Å²) in [5.41, 5.74) is -0.228. The fourth-order valence-corrected chi connectivity index (χ4v) is 6.33. The van der Waals surface area contributed by atoms with Crippen LogP contribution in [0.4, 0.5) is 14.6 Å². The van der Waals surface area contributed by atoms with Crippen LogP contribution in [-0.2, 0) is 4.74 Å². The molecule has 10 heteroatoms. The van der Waals surface area contributed by atoms with Gasteiger partial charge in [0.15, 0.2) is 0 Å². The van der Waals surface area contributed by atoms with Gasteiger partial charge in [0.2, 0.25) is 5.01 Å². The molecule has 5 rings (SSSR count). The Morgan fingerprint density at radius 1 is 1.26 bits per heavy atom. The van der Waals surface area contributed by atoms with E-state index in [-0.39, 0.29) is 56.8 Å². The summed E-state index contributed by atoms with van der Waals surface area (Å²) in [5, 5.41) is 3.25. The predicted octanol–water partition coefficient (Wildman–Crippen LogP) is 5.44. The van der Waals surface area contributed by atoms with Gasteiger partial charge in [-0.25, -0.2) is 23.5 Å². The number of pyridine rings is 1. The second-order valence-electron chi connectivity index (χ2n) is 9.59. The van der Waals surface area contributed by atoms with E-state index < -0.39 is 12.4 Å². The maximum absolute atomic E-state index is 14.2. The van der Waals surface area contributed by atoms with Crippen LogP contribution < -0.4 is 5.32 Å². The van der Waals surface area contributed by atoms with Crippen molar-refractivity contribution in [3.05, 3.63) is 28.5 Å². The molecule has 2 aromatic rings. The first-order chi connectivity index (χ1) is 16.3. The van der Waals surface area contributed by atoms with E-state index >= 15 is 0 Å². The van der Waals surface area contributed by atoms with Crippen LogP contribution in [0, 0.1) is 0 Å². The highest BCUT2D eigenvalue weighted by Crippen LogP contribution is 2.43. The summed E-state index contributed by atoms with van der Waals surface area (Å²) in [7, 11) is 0. The first-order valence-corrected chi connectivity index (χ1v) is 12.7. The van der Waals surface area contributed by atoms with Gasteiger partial charge in [-0.15, -0.1) is 11.3 Å². The van der Waals surface area contributed by atoms with Gasteiger partial charge in [-0.1, -0.05) is 0 Å². The maximum atomic E-state index is 14.2. The highest BCUT2D eigenvalue weighted by atomic mass is 32.1. The minimum atomic E-state index is -2.79. The summed E-state index contributed by atoms with van der Waals surface area (Å²) >= 11 is 0.910. The predicted molar refractivity (Wildman–Crippen MR) is 124 cm³/mol. The van der Waals surface area contributed by atoms with Gasteiger partial charge in [0.25, 0.3) is 12.3 Å². The van der Waals surface area contributed by atoms with Gasteiger partial charge in [0.1, 0.15) is 11.5 Å². The number of nitrogens with one attached hydrogen (secondary N) is 1. The maximum Gasteiger partial charge on any atom is 0.367 e. The number of anilines is 1. The molecule has 0 aromatic carbocycles. The van der Waals surface area contributed by atoms with Crippen LogP contribution in [0.15, 0.2) is 12.3 Å². The molecular weight excluding hydrogens is 462 g/mol. The van der Waals surface area contributed by atoms with E-state index in [2.05, 4.69) is 15.3 Å². The Balaban J connectivity index is 1.56.